The molecule has 1 rings (SSSR count). The molecule has 16 heavy (non-hydrogen) atoms. The third kappa shape index (κ3) is 3.90. The summed E-state index contributed by atoms with van der Waals surface area (Å²) in [4.78, 5) is 11.4. The van der Waals surface area contributed by atoms with Gasteiger partial charge in [0.25, 0.3) is 5.91 Å². The van der Waals surface area contributed by atoms with Crippen molar-refractivity contribution in [3.05, 3.63) is 29.3 Å². The lowest BCUT2D eigenvalue weighted by Gasteiger charge is -2.12. The van der Waals surface area contributed by atoms with Crippen molar-refractivity contribution in [2.45, 2.75) is 20.0 Å². The van der Waals surface area contributed by atoms with Gasteiger partial charge in [0.05, 0.1) is 0 Å². The molecule has 0 bridgehead atoms. The van der Waals surface area contributed by atoms with E-state index in [1.165, 1.54) is 6.21 Å². The van der Waals surface area contributed by atoms with E-state index in [-0.39, 0.29) is 5.91 Å². The SMILES string of the molecule is CC=NNC(=O)C(C)Oc1ccc(Cl)cc1. The Hall–Kier alpha value is -1.55. The van der Waals surface area contributed by atoms with Crippen molar-refractivity contribution in [3.8, 4) is 5.75 Å². The maximum atomic E-state index is 11.4. The van der Waals surface area contributed by atoms with Gasteiger partial charge in [0.15, 0.2) is 6.10 Å². The van der Waals surface area contributed by atoms with Gasteiger partial charge in [-0.15, -0.1) is 0 Å². The van der Waals surface area contributed by atoms with Gasteiger partial charge in [-0.3, -0.25) is 4.79 Å². The summed E-state index contributed by atoms with van der Waals surface area (Å²) in [7, 11) is 0. The zero-order valence-corrected chi connectivity index (χ0v) is 9.86. The summed E-state index contributed by atoms with van der Waals surface area (Å²) in [5.74, 6) is 0.292. The first-order valence-corrected chi connectivity index (χ1v) is 5.21. The summed E-state index contributed by atoms with van der Waals surface area (Å²) in [6, 6.07) is 6.81. The fraction of sp³-hybridized carbons (Fsp3) is 0.273. The largest absolute Gasteiger partial charge is 0.481 e. The van der Waals surface area contributed by atoms with Gasteiger partial charge in [-0.05, 0) is 38.1 Å². The zero-order chi connectivity index (χ0) is 12.0. The molecule has 1 amide bonds. The first-order chi connectivity index (χ1) is 7.63. The second-order valence-electron chi connectivity index (χ2n) is 3.08. The number of amides is 1. The van der Waals surface area contributed by atoms with Crippen LogP contribution in [0, 0.1) is 0 Å². The summed E-state index contributed by atoms with van der Waals surface area (Å²) in [6.45, 7) is 3.36. The monoisotopic (exact) mass is 240 g/mol. The molecule has 0 spiro atoms. The van der Waals surface area contributed by atoms with E-state index in [0.29, 0.717) is 10.8 Å². The van der Waals surface area contributed by atoms with Gasteiger partial charge in [0, 0.05) is 11.2 Å². The molecule has 86 valence electrons. The minimum absolute atomic E-state index is 0.298. The average molecular weight is 241 g/mol. The molecule has 0 aliphatic carbocycles. The molecular formula is C11H13ClN2O2. The van der Waals surface area contributed by atoms with Gasteiger partial charge in [-0.1, -0.05) is 11.6 Å². The molecule has 1 aromatic carbocycles. The van der Waals surface area contributed by atoms with Crippen LogP contribution in [-0.4, -0.2) is 18.2 Å². The normalized spacial score (nSPS) is 12.4. The van der Waals surface area contributed by atoms with E-state index in [9.17, 15) is 4.79 Å². The Kier molecular flexibility index (Phi) is 4.79. The molecule has 0 saturated heterocycles. The lowest BCUT2D eigenvalue weighted by atomic mass is 10.3. The summed E-state index contributed by atoms with van der Waals surface area (Å²) in [5.41, 5.74) is 2.34. The van der Waals surface area contributed by atoms with E-state index in [0.717, 1.165) is 0 Å². The molecule has 0 fully saturated rings. The maximum Gasteiger partial charge on any atom is 0.280 e. The minimum Gasteiger partial charge on any atom is -0.481 e. The summed E-state index contributed by atoms with van der Waals surface area (Å²) < 4.78 is 5.38. The van der Waals surface area contributed by atoms with Gasteiger partial charge in [0.2, 0.25) is 0 Å². The van der Waals surface area contributed by atoms with Crippen molar-refractivity contribution < 1.29 is 9.53 Å². The van der Waals surface area contributed by atoms with Gasteiger partial charge in [-0.25, -0.2) is 5.43 Å². The van der Waals surface area contributed by atoms with Crippen molar-refractivity contribution in [1.29, 1.82) is 0 Å². The van der Waals surface area contributed by atoms with Crippen LogP contribution in [0.15, 0.2) is 29.4 Å². The third-order valence-corrected chi connectivity index (χ3v) is 2.05. The number of rotatable bonds is 4. The van der Waals surface area contributed by atoms with Gasteiger partial charge in [0.1, 0.15) is 5.75 Å². The number of hydrazone groups is 1. The van der Waals surface area contributed by atoms with Crippen molar-refractivity contribution in [3.63, 3.8) is 0 Å². The molecule has 1 aromatic rings. The van der Waals surface area contributed by atoms with E-state index < -0.39 is 6.10 Å². The van der Waals surface area contributed by atoms with Crippen LogP contribution in [-0.2, 0) is 4.79 Å². The number of benzene rings is 1. The molecule has 5 heteroatoms. The van der Waals surface area contributed by atoms with Crippen LogP contribution in [0.1, 0.15) is 13.8 Å². The highest BCUT2D eigenvalue weighted by Crippen LogP contribution is 2.16. The van der Waals surface area contributed by atoms with Crippen LogP contribution in [0.25, 0.3) is 0 Å². The van der Waals surface area contributed by atoms with Crippen LogP contribution in [0.5, 0.6) is 5.75 Å². The lowest BCUT2D eigenvalue weighted by Crippen LogP contribution is -2.33. The molecule has 1 unspecified atom stereocenters. The van der Waals surface area contributed by atoms with Gasteiger partial charge in [-0.2, -0.15) is 5.10 Å². The number of hydrogen-bond donors (Lipinski definition) is 1. The summed E-state index contributed by atoms with van der Waals surface area (Å²) >= 11 is 5.73. The smallest absolute Gasteiger partial charge is 0.280 e. The minimum atomic E-state index is -0.607. The quantitative estimate of drug-likeness (QED) is 0.648. The molecule has 0 radical (unpaired) electrons. The fourth-order valence-corrected chi connectivity index (χ4v) is 1.12. The Bertz CT molecular complexity index is 376. The Morgan fingerprint density at radius 1 is 1.50 bits per heavy atom. The van der Waals surface area contributed by atoms with Crippen molar-refractivity contribution >= 4 is 23.7 Å². The number of hydrogen-bond acceptors (Lipinski definition) is 3. The van der Waals surface area contributed by atoms with Crippen LogP contribution in [0.3, 0.4) is 0 Å². The lowest BCUT2D eigenvalue weighted by molar-refractivity contribution is -0.127. The molecule has 0 aliphatic heterocycles. The first kappa shape index (κ1) is 12.5. The van der Waals surface area contributed by atoms with Crippen LogP contribution >= 0.6 is 11.6 Å². The standard InChI is InChI=1S/C11H13ClN2O2/c1-3-13-14-11(15)8(2)16-10-6-4-9(12)5-7-10/h3-8H,1-2H3,(H,14,15). The highest BCUT2D eigenvalue weighted by molar-refractivity contribution is 6.30. The molecule has 0 aliphatic rings. The molecular weight excluding hydrogens is 228 g/mol. The predicted octanol–water partition coefficient (Wildman–Crippen LogP) is 2.23. The molecule has 0 saturated carbocycles. The van der Waals surface area contributed by atoms with Crippen LogP contribution in [0.4, 0.5) is 0 Å². The van der Waals surface area contributed by atoms with E-state index >= 15 is 0 Å². The van der Waals surface area contributed by atoms with Crippen molar-refractivity contribution in [2.75, 3.05) is 0 Å². The molecule has 0 heterocycles. The first-order valence-electron chi connectivity index (χ1n) is 4.83. The number of ether oxygens (including phenoxy) is 1. The average Bonchev–Trinajstić information content (AvgIpc) is 2.29. The Labute approximate surface area is 99.2 Å². The molecule has 4 nitrogen and oxygen atoms in total. The Morgan fingerprint density at radius 3 is 2.69 bits per heavy atom. The zero-order valence-electron chi connectivity index (χ0n) is 9.11. The molecule has 1 atom stereocenters. The van der Waals surface area contributed by atoms with E-state index in [1.54, 1.807) is 38.1 Å². The topological polar surface area (TPSA) is 50.7 Å². The van der Waals surface area contributed by atoms with Crippen LogP contribution < -0.4 is 10.2 Å². The Morgan fingerprint density at radius 2 is 2.12 bits per heavy atom. The number of carbonyl (C=O) groups excluding carboxylic acids is 1. The van der Waals surface area contributed by atoms with Crippen molar-refractivity contribution in [1.82, 2.24) is 5.43 Å². The van der Waals surface area contributed by atoms with Crippen molar-refractivity contribution in [2.24, 2.45) is 5.10 Å². The third-order valence-electron chi connectivity index (χ3n) is 1.80. The highest BCUT2D eigenvalue weighted by atomic mass is 35.5. The molecule has 1 N–H and O–H groups in total. The second-order valence-corrected chi connectivity index (χ2v) is 3.51. The number of nitrogens with one attached hydrogen (secondary N) is 1. The van der Waals surface area contributed by atoms with Gasteiger partial charge >= 0.3 is 0 Å². The predicted molar refractivity (Wildman–Crippen MR) is 63.9 cm³/mol. The highest BCUT2D eigenvalue weighted by Gasteiger charge is 2.13. The summed E-state index contributed by atoms with van der Waals surface area (Å²) in [5, 5.41) is 4.25. The number of halogens is 1. The van der Waals surface area contributed by atoms with E-state index in [2.05, 4.69) is 10.5 Å². The second kappa shape index (κ2) is 6.12. The summed E-state index contributed by atoms with van der Waals surface area (Å²) in [6.07, 6.45) is 0.886. The number of nitrogens with zero attached hydrogens (tertiary/aromatic N) is 1. The van der Waals surface area contributed by atoms with E-state index in [4.69, 9.17) is 16.3 Å². The molecule has 0 aromatic heterocycles. The fourth-order valence-electron chi connectivity index (χ4n) is 0.990. The number of carbonyl (C=O) groups is 1. The Balaban J connectivity index is 2.53. The van der Waals surface area contributed by atoms with Crippen LogP contribution in [0.2, 0.25) is 5.02 Å². The van der Waals surface area contributed by atoms with Gasteiger partial charge < -0.3 is 4.74 Å². The maximum absolute atomic E-state index is 11.4. The van der Waals surface area contributed by atoms with E-state index in [1.807, 2.05) is 0 Å².